The van der Waals surface area contributed by atoms with E-state index >= 15 is 0 Å². The van der Waals surface area contributed by atoms with Gasteiger partial charge in [-0.15, -0.1) is 0 Å². The molecule has 1 aromatic heterocycles. The molecule has 1 atom stereocenters. The molecule has 24 heavy (non-hydrogen) atoms. The molecule has 0 saturated carbocycles. The molecule has 0 unspecified atom stereocenters. The van der Waals surface area contributed by atoms with Crippen molar-refractivity contribution in [2.45, 2.75) is 45.7 Å². The van der Waals surface area contributed by atoms with E-state index in [2.05, 4.69) is 29.1 Å². The summed E-state index contributed by atoms with van der Waals surface area (Å²) in [5.41, 5.74) is 2.16. The number of methoxy groups -OCH3 is 1. The highest BCUT2D eigenvalue weighted by Crippen LogP contribution is 2.35. The lowest BCUT2D eigenvalue weighted by atomic mass is 10.1. The van der Waals surface area contributed by atoms with Crippen molar-refractivity contribution in [3.05, 3.63) is 41.3 Å². The van der Waals surface area contributed by atoms with Gasteiger partial charge in [0.2, 0.25) is 0 Å². The summed E-state index contributed by atoms with van der Waals surface area (Å²) in [6.07, 6.45) is 3.28. The van der Waals surface area contributed by atoms with Crippen molar-refractivity contribution in [1.82, 2.24) is 10.1 Å². The Bertz CT molecular complexity index is 668. The third-order valence-corrected chi connectivity index (χ3v) is 4.41. The van der Waals surface area contributed by atoms with E-state index in [1.807, 2.05) is 19.1 Å². The molecule has 1 aliphatic heterocycles. The maximum Gasteiger partial charge on any atom is 0.161 e. The summed E-state index contributed by atoms with van der Waals surface area (Å²) in [7, 11) is 1.69. The number of ether oxygens (including phenoxy) is 2. The van der Waals surface area contributed by atoms with Crippen LogP contribution in [-0.4, -0.2) is 30.3 Å². The molecule has 0 amide bonds. The molecule has 1 fully saturated rings. The van der Waals surface area contributed by atoms with Gasteiger partial charge in [0.25, 0.3) is 0 Å². The molecule has 3 rings (SSSR count). The Labute approximate surface area is 143 Å². The fourth-order valence-electron chi connectivity index (χ4n) is 3.25. The molecule has 1 aliphatic rings. The standard InChI is InChI=1S/C19H26N2O3/c1-4-10-23-17-8-7-15(12-19(17)22-3)13-21-9-5-6-16(21)18-11-14(2)20-24-18/h7-8,11-12,16H,4-6,9-10,13H2,1-3H3/t16-/m1/s1. The molecular weight excluding hydrogens is 304 g/mol. The summed E-state index contributed by atoms with van der Waals surface area (Å²) in [6.45, 7) is 6.70. The van der Waals surface area contributed by atoms with Gasteiger partial charge >= 0.3 is 0 Å². The highest BCUT2D eigenvalue weighted by atomic mass is 16.5. The zero-order chi connectivity index (χ0) is 16.9. The Kier molecular flexibility index (Phi) is 5.41. The highest BCUT2D eigenvalue weighted by molar-refractivity contribution is 5.43. The summed E-state index contributed by atoms with van der Waals surface area (Å²) in [6, 6.07) is 8.56. The van der Waals surface area contributed by atoms with Crippen LogP contribution in [0.2, 0.25) is 0 Å². The summed E-state index contributed by atoms with van der Waals surface area (Å²) < 4.78 is 16.7. The van der Waals surface area contributed by atoms with Crippen molar-refractivity contribution in [3.63, 3.8) is 0 Å². The first kappa shape index (κ1) is 16.8. The summed E-state index contributed by atoms with van der Waals surface area (Å²) in [5.74, 6) is 2.58. The number of aromatic nitrogens is 1. The van der Waals surface area contributed by atoms with E-state index in [4.69, 9.17) is 14.0 Å². The molecule has 0 spiro atoms. The van der Waals surface area contributed by atoms with Crippen LogP contribution in [0.25, 0.3) is 0 Å². The maximum absolute atomic E-state index is 5.73. The third kappa shape index (κ3) is 3.73. The molecular formula is C19H26N2O3. The fraction of sp³-hybridized carbons (Fsp3) is 0.526. The van der Waals surface area contributed by atoms with Crippen LogP contribution in [0.4, 0.5) is 0 Å². The quantitative estimate of drug-likeness (QED) is 0.764. The number of aryl methyl sites for hydroxylation is 1. The van der Waals surface area contributed by atoms with E-state index in [9.17, 15) is 0 Å². The van der Waals surface area contributed by atoms with Crippen LogP contribution in [0, 0.1) is 6.92 Å². The number of nitrogens with zero attached hydrogens (tertiary/aromatic N) is 2. The molecule has 2 heterocycles. The smallest absolute Gasteiger partial charge is 0.161 e. The zero-order valence-electron chi connectivity index (χ0n) is 14.7. The molecule has 0 N–H and O–H groups in total. The molecule has 5 heteroatoms. The summed E-state index contributed by atoms with van der Waals surface area (Å²) in [5, 5.41) is 4.03. The molecule has 5 nitrogen and oxygen atoms in total. The van der Waals surface area contributed by atoms with E-state index in [1.54, 1.807) is 7.11 Å². The minimum absolute atomic E-state index is 0.313. The summed E-state index contributed by atoms with van der Waals surface area (Å²) in [4.78, 5) is 2.45. The first-order valence-electron chi connectivity index (χ1n) is 8.68. The number of hydrogen-bond donors (Lipinski definition) is 0. The van der Waals surface area contributed by atoms with Crippen molar-refractivity contribution in [2.75, 3.05) is 20.3 Å². The lowest BCUT2D eigenvalue weighted by molar-refractivity contribution is 0.206. The second-order valence-corrected chi connectivity index (χ2v) is 6.33. The van der Waals surface area contributed by atoms with Gasteiger partial charge in [0.1, 0.15) is 0 Å². The number of hydrogen-bond acceptors (Lipinski definition) is 5. The van der Waals surface area contributed by atoms with Crippen LogP contribution < -0.4 is 9.47 Å². The van der Waals surface area contributed by atoms with E-state index in [0.29, 0.717) is 12.6 Å². The fourth-order valence-corrected chi connectivity index (χ4v) is 3.25. The molecule has 0 bridgehead atoms. The van der Waals surface area contributed by atoms with Crippen LogP contribution >= 0.6 is 0 Å². The predicted octanol–water partition coefficient (Wildman–Crippen LogP) is 4.12. The largest absolute Gasteiger partial charge is 0.493 e. The Hall–Kier alpha value is -2.01. The van der Waals surface area contributed by atoms with Gasteiger partial charge in [0.15, 0.2) is 17.3 Å². The van der Waals surface area contributed by atoms with E-state index in [-0.39, 0.29) is 0 Å². The molecule has 1 saturated heterocycles. The first-order chi connectivity index (χ1) is 11.7. The Morgan fingerprint density at radius 2 is 2.17 bits per heavy atom. The van der Waals surface area contributed by atoms with Gasteiger partial charge in [0.05, 0.1) is 25.5 Å². The zero-order valence-corrected chi connectivity index (χ0v) is 14.7. The highest BCUT2D eigenvalue weighted by Gasteiger charge is 2.29. The maximum atomic E-state index is 5.73. The Morgan fingerprint density at radius 3 is 2.88 bits per heavy atom. The van der Waals surface area contributed by atoms with Gasteiger partial charge in [-0.2, -0.15) is 0 Å². The first-order valence-corrected chi connectivity index (χ1v) is 8.68. The average Bonchev–Trinajstić information content (AvgIpc) is 3.22. The Balaban J connectivity index is 1.72. The molecule has 0 aliphatic carbocycles. The second kappa shape index (κ2) is 7.71. The SMILES string of the molecule is CCCOc1ccc(CN2CCC[C@@H]2c2cc(C)no2)cc1OC. The van der Waals surface area contributed by atoms with Crippen molar-refractivity contribution < 1.29 is 14.0 Å². The molecule has 2 aromatic rings. The molecule has 0 radical (unpaired) electrons. The normalized spacial score (nSPS) is 18.0. The number of likely N-dealkylation sites (tertiary alicyclic amines) is 1. The Morgan fingerprint density at radius 1 is 1.29 bits per heavy atom. The average molecular weight is 330 g/mol. The van der Waals surface area contributed by atoms with Gasteiger partial charge in [0, 0.05) is 12.6 Å². The predicted molar refractivity (Wildman–Crippen MR) is 92.4 cm³/mol. The third-order valence-electron chi connectivity index (χ3n) is 4.41. The van der Waals surface area contributed by atoms with Crippen LogP contribution in [0.3, 0.4) is 0 Å². The topological polar surface area (TPSA) is 47.7 Å². The monoisotopic (exact) mass is 330 g/mol. The van der Waals surface area contributed by atoms with Crippen molar-refractivity contribution in [1.29, 1.82) is 0 Å². The number of rotatable bonds is 7. The number of benzene rings is 1. The van der Waals surface area contributed by atoms with Gasteiger partial charge in [-0.05, 0) is 50.4 Å². The van der Waals surface area contributed by atoms with Gasteiger partial charge in [-0.25, -0.2) is 0 Å². The van der Waals surface area contributed by atoms with Crippen LogP contribution in [0.5, 0.6) is 11.5 Å². The minimum atomic E-state index is 0.313. The summed E-state index contributed by atoms with van der Waals surface area (Å²) >= 11 is 0. The van der Waals surface area contributed by atoms with E-state index < -0.39 is 0 Å². The van der Waals surface area contributed by atoms with E-state index in [0.717, 1.165) is 48.9 Å². The minimum Gasteiger partial charge on any atom is -0.493 e. The van der Waals surface area contributed by atoms with E-state index in [1.165, 1.54) is 12.0 Å². The lowest BCUT2D eigenvalue weighted by Gasteiger charge is -2.23. The van der Waals surface area contributed by atoms with Gasteiger partial charge in [-0.3, -0.25) is 4.90 Å². The van der Waals surface area contributed by atoms with Crippen molar-refractivity contribution in [3.8, 4) is 11.5 Å². The van der Waals surface area contributed by atoms with Gasteiger partial charge in [-0.1, -0.05) is 18.1 Å². The van der Waals surface area contributed by atoms with Crippen molar-refractivity contribution >= 4 is 0 Å². The van der Waals surface area contributed by atoms with Crippen LogP contribution in [0.15, 0.2) is 28.8 Å². The molecule has 130 valence electrons. The lowest BCUT2D eigenvalue weighted by Crippen LogP contribution is -2.22. The second-order valence-electron chi connectivity index (χ2n) is 6.33. The van der Waals surface area contributed by atoms with Crippen LogP contribution in [0.1, 0.15) is 49.2 Å². The van der Waals surface area contributed by atoms with Crippen molar-refractivity contribution in [2.24, 2.45) is 0 Å². The molecule has 1 aromatic carbocycles. The van der Waals surface area contributed by atoms with Crippen LogP contribution in [-0.2, 0) is 6.54 Å². The van der Waals surface area contributed by atoms with Gasteiger partial charge < -0.3 is 14.0 Å².